The molecule has 1 spiro atoms. The lowest BCUT2D eigenvalue weighted by molar-refractivity contribution is 0.1000. The van der Waals surface area contributed by atoms with Gasteiger partial charge in [0.15, 0.2) is 0 Å². The van der Waals surface area contributed by atoms with Gasteiger partial charge in [-0.05, 0) is 77.9 Å². The Morgan fingerprint density at radius 3 is 2.76 bits per heavy atom. The number of carbonyl (C=O) groups excluding carboxylic acids is 1. The molecule has 1 aromatic carbocycles. The molecular weight excluding hydrogens is 330 g/mol. The Hall–Kier alpha value is -1.69. The van der Waals surface area contributed by atoms with Crippen LogP contribution in [0.25, 0.3) is 0 Å². The van der Waals surface area contributed by atoms with E-state index in [-0.39, 0.29) is 5.91 Å². The van der Waals surface area contributed by atoms with Gasteiger partial charge in [-0.1, -0.05) is 12.1 Å². The third-order valence-electron chi connectivity index (χ3n) is 5.75. The average Bonchev–Trinajstić information content (AvgIpc) is 3.05. The second kappa shape index (κ2) is 6.90. The van der Waals surface area contributed by atoms with Crippen LogP contribution in [0.4, 0.5) is 0 Å². The topological polar surface area (TPSA) is 58.4 Å². The highest BCUT2D eigenvalue weighted by Crippen LogP contribution is 2.56. The summed E-state index contributed by atoms with van der Waals surface area (Å²) in [7, 11) is 0. The van der Waals surface area contributed by atoms with Crippen molar-refractivity contribution < 1.29 is 4.79 Å². The van der Waals surface area contributed by atoms with Gasteiger partial charge in [0.2, 0.25) is 5.91 Å². The van der Waals surface area contributed by atoms with Gasteiger partial charge in [-0.2, -0.15) is 11.3 Å². The van der Waals surface area contributed by atoms with Crippen LogP contribution in [0.5, 0.6) is 0 Å². The van der Waals surface area contributed by atoms with Gasteiger partial charge in [0.25, 0.3) is 0 Å². The number of benzene rings is 1. The Bertz CT molecular complexity index is 737. The first-order valence-corrected chi connectivity index (χ1v) is 9.95. The summed E-state index contributed by atoms with van der Waals surface area (Å²) in [5.74, 6) is -0.354. The lowest BCUT2D eigenvalue weighted by atomic mass is 9.93. The summed E-state index contributed by atoms with van der Waals surface area (Å²) < 4.78 is 0. The van der Waals surface area contributed by atoms with Crippen LogP contribution in [0.1, 0.15) is 40.7 Å². The SMILES string of the molecule is NC(=O)c1cccc(CN(Cc2ccsc2)[C@H]2CC23CCNCC3)c1. The van der Waals surface area contributed by atoms with E-state index in [0.29, 0.717) is 17.0 Å². The van der Waals surface area contributed by atoms with E-state index in [9.17, 15) is 4.79 Å². The normalized spacial score (nSPS) is 21.6. The van der Waals surface area contributed by atoms with Crippen LogP contribution in [0.3, 0.4) is 0 Å². The third kappa shape index (κ3) is 3.64. The first-order valence-electron chi connectivity index (χ1n) is 9.01. The Morgan fingerprint density at radius 1 is 1.24 bits per heavy atom. The standard InChI is InChI=1S/C20H25N3OS/c21-19(24)17-3-1-2-15(10-17)12-23(13-16-4-9-25-14-16)18-11-20(18)5-7-22-8-6-20/h1-4,9-10,14,18,22H,5-8,11-13H2,(H2,21,24)/t18-/m0/s1. The van der Waals surface area contributed by atoms with Crippen molar-refractivity contribution >= 4 is 17.2 Å². The largest absolute Gasteiger partial charge is 0.366 e. The first-order chi connectivity index (χ1) is 12.2. The summed E-state index contributed by atoms with van der Waals surface area (Å²) >= 11 is 1.76. The molecule has 1 aliphatic carbocycles. The molecule has 5 heteroatoms. The highest BCUT2D eigenvalue weighted by molar-refractivity contribution is 7.07. The van der Waals surface area contributed by atoms with Crippen molar-refractivity contribution in [2.75, 3.05) is 13.1 Å². The Labute approximate surface area is 153 Å². The Balaban J connectivity index is 1.53. The maximum absolute atomic E-state index is 11.5. The number of rotatable bonds is 6. The number of nitrogens with zero attached hydrogens (tertiary/aromatic N) is 1. The van der Waals surface area contributed by atoms with Gasteiger partial charge in [0, 0.05) is 24.7 Å². The summed E-state index contributed by atoms with van der Waals surface area (Å²) in [4.78, 5) is 14.1. The quantitative estimate of drug-likeness (QED) is 0.837. The van der Waals surface area contributed by atoms with Crippen LogP contribution in [0.2, 0.25) is 0 Å². The predicted molar refractivity (Wildman–Crippen MR) is 101 cm³/mol. The van der Waals surface area contributed by atoms with Gasteiger partial charge in [-0.3, -0.25) is 9.69 Å². The van der Waals surface area contributed by atoms with Gasteiger partial charge in [0.05, 0.1) is 0 Å². The molecule has 1 aromatic heterocycles. The van der Waals surface area contributed by atoms with E-state index in [1.165, 1.54) is 30.4 Å². The van der Waals surface area contributed by atoms with Crippen LogP contribution in [0.15, 0.2) is 41.1 Å². The van der Waals surface area contributed by atoms with Crippen LogP contribution < -0.4 is 11.1 Å². The molecule has 0 bridgehead atoms. The van der Waals surface area contributed by atoms with Crippen molar-refractivity contribution in [1.29, 1.82) is 0 Å². The number of nitrogens with one attached hydrogen (secondary N) is 1. The maximum atomic E-state index is 11.5. The van der Waals surface area contributed by atoms with Crippen LogP contribution in [-0.4, -0.2) is 29.9 Å². The molecule has 1 atom stereocenters. The molecule has 3 N–H and O–H groups in total. The van der Waals surface area contributed by atoms with E-state index in [1.54, 1.807) is 17.4 Å². The first kappa shape index (κ1) is 16.8. The fourth-order valence-corrected chi connectivity index (χ4v) is 4.92. The summed E-state index contributed by atoms with van der Waals surface area (Å²) in [5, 5.41) is 7.87. The van der Waals surface area contributed by atoms with Crippen molar-refractivity contribution in [2.45, 2.75) is 38.4 Å². The predicted octanol–water partition coefficient (Wildman–Crippen LogP) is 2.99. The zero-order valence-corrected chi connectivity index (χ0v) is 15.2. The smallest absolute Gasteiger partial charge is 0.248 e. The van der Waals surface area contributed by atoms with Crippen molar-refractivity contribution in [2.24, 2.45) is 11.1 Å². The molecule has 2 aliphatic rings. The minimum atomic E-state index is -0.354. The fourth-order valence-electron chi connectivity index (χ4n) is 4.26. The van der Waals surface area contributed by atoms with Crippen LogP contribution >= 0.6 is 11.3 Å². The molecule has 0 radical (unpaired) electrons. The van der Waals surface area contributed by atoms with Gasteiger partial charge in [0.1, 0.15) is 0 Å². The number of amides is 1. The van der Waals surface area contributed by atoms with Crippen LogP contribution in [-0.2, 0) is 13.1 Å². The van der Waals surface area contributed by atoms with Crippen molar-refractivity contribution in [3.63, 3.8) is 0 Å². The molecular formula is C20H25N3OS. The summed E-state index contributed by atoms with van der Waals surface area (Å²) in [5.41, 5.74) is 9.10. The lowest BCUT2D eigenvalue weighted by Gasteiger charge is -2.29. The Morgan fingerprint density at radius 2 is 2.04 bits per heavy atom. The van der Waals surface area contributed by atoms with Gasteiger partial charge in [-0.15, -0.1) is 0 Å². The average molecular weight is 356 g/mol. The monoisotopic (exact) mass is 355 g/mol. The molecule has 2 fully saturated rings. The molecule has 1 saturated carbocycles. The minimum Gasteiger partial charge on any atom is -0.366 e. The molecule has 1 amide bonds. The fraction of sp³-hybridized carbons (Fsp3) is 0.450. The highest BCUT2D eigenvalue weighted by Gasteiger charge is 2.56. The minimum absolute atomic E-state index is 0.354. The summed E-state index contributed by atoms with van der Waals surface area (Å²) in [6.07, 6.45) is 3.85. The van der Waals surface area contributed by atoms with Crippen molar-refractivity contribution in [3.05, 3.63) is 57.8 Å². The molecule has 1 saturated heterocycles. The number of primary amides is 1. The van der Waals surface area contributed by atoms with Gasteiger partial charge >= 0.3 is 0 Å². The second-order valence-corrected chi connectivity index (χ2v) is 8.21. The maximum Gasteiger partial charge on any atom is 0.248 e. The lowest BCUT2D eigenvalue weighted by Crippen LogP contribution is -2.35. The number of piperidine rings is 1. The van der Waals surface area contributed by atoms with Crippen LogP contribution in [0, 0.1) is 5.41 Å². The molecule has 2 aromatic rings. The number of hydrogen-bond donors (Lipinski definition) is 2. The molecule has 132 valence electrons. The number of nitrogens with two attached hydrogens (primary N) is 1. The van der Waals surface area contributed by atoms with E-state index in [4.69, 9.17) is 5.73 Å². The second-order valence-electron chi connectivity index (χ2n) is 7.43. The summed E-state index contributed by atoms with van der Waals surface area (Å²) in [6.45, 7) is 4.13. The van der Waals surface area contributed by atoms with Crippen molar-refractivity contribution in [1.82, 2.24) is 10.2 Å². The van der Waals surface area contributed by atoms with Crippen molar-refractivity contribution in [3.8, 4) is 0 Å². The molecule has 4 rings (SSSR count). The molecule has 4 nitrogen and oxygen atoms in total. The molecule has 1 aliphatic heterocycles. The summed E-state index contributed by atoms with van der Waals surface area (Å²) in [6, 6.07) is 10.6. The van der Waals surface area contributed by atoms with E-state index >= 15 is 0 Å². The highest BCUT2D eigenvalue weighted by atomic mass is 32.1. The number of hydrogen-bond acceptors (Lipinski definition) is 4. The Kier molecular flexibility index (Phi) is 4.63. The number of thiophene rings is 1. The van der Waals surface area contributed by atoms with Gasteiger partial charge < -0.3 is 11.1 Å². The molecule has 25 heavy (non-hydrogen) atoms. The molecule has 2 heterocycles. The zero-order chi connectivity index (χ0) is 17.3. The number of carbonyl (C=O) groups is 1. The van der Waals surface area contributed by atoms with Gasteiger partial charge in [-0.25, -0.2) is 0 Å². The van der Waals surface area contributed by atoms with E-state index in [2.05, 4.69) is 33.1 Å². The molecule has 0 unspecified atom stereocenters. The third-order valence-corrected chi connectivity index (χ3v) is 6.48. The van der Waals surface area contributed by atoms with E-state index in [1.807, 2.05) is 12.1 Å². The zero-order valence-electron chi connectivity index (χ0n) is 14.4. The van der Waals surface area contributed by atoms with E-state index in [0.717, 1.165) is 26.2 Å². The van der Waals surface area contributed by atoms with E-state index < -0.39 is 0 Å².